The number of nitrogens with one attached hydrogen (secondary N) is 4. The standard InChI is InChI=1S/C25H36N6O7S/c26-10-4-3-6-16(27)22(34)29-18(8-9-21(32)33)23(35)30-19(24(36)31-20(13-39)25(37)38)11-14-12-28-17-7-2-1-5-15(14)17/h1-2,5,7,12,16,18-20,28,39H,3-4,6,8-11,13,26-27H2,(H,29,34)(H,30,35)(H,31,36)(H,32,33)(H,37,38). The van der Waals surface area contributed by atoms with Crippen LogP contribution in [0.5, 0.6) is 0 Å². The van der Waals surface area contributed by atoms with E-state index in [1.807, 2.05) is 24.3 Å². The molecule has 3 amide bonds. The van der Waals surface area contributed by atoms with Crippen LogP contribution in [-0.4, -0.2) is 81.3 Å². The number of para-hydroxylation sites is 1. The first-order valence-corrected chi connectivity index (χ1v) is 13.2. The summed E-state index contributed by atoms with van der Waals surface area (Å²) in [6.45, 7) is 0.438. The topological polar surface area (TPSA) is 230 Å². The molecule has 14 heteroatoms. The quantitative estimate of drug-likeness (QED) is 0.0889. The SMILES string of the molecule is NCCCCC(N)C(=O)NC(CCC(=O)O)C(=O)NC(Cc1c[nH]c2ccccc12)C(=O)NC(CS)C(=O)O. The van der Waals surface area contributed by atoms with Crippen molar-refractivity contribution in [2.24, 2.45) is 11.5 Å². The number of benzene rings is 1. The van der Waals surface area contributed by atoms with Crippen molar-refractivity contribution in [3.8, 4) is 0 Å². The summed E-state index contributed by atoms with van der Waals surface area (Å²) in [6, 6.07) is 2.51. The molecule has 13 nitrogen and oxygen atoms in total. The van der Waals surface area contributed by atoms with E-state index in [1.54, 1.807) is 6.20 Å². The molecule has 4 unspecified atom stereocenters. The van der Waals surface area contributed by atoms with Gasteiger partial charge in [0, 0.05) is 35.7 Å². The van der Waals surface area contributed by atoms with Crippen LogP contribution < -0.4 is 27.4 Å². The molecular formula is C25H36N6O7S. The van der Waals surface area contributed by atoms with Gasteiger partial charge in [-0.1, -0.05) is 24.6 Å². The Labute approximate surface area is 230 Å². The Bertz CT molecular complexity index is 1160. The Hall–Kier alpha value is -3.62. The lowest BCUT2D eigenvalue weighted by Crippen LogP contribution is -2.57. The van der Waals surface area contributed by atoms with Crippen LogP contribution in [0.2, 0.25) is 0 Å². The molecular weight excluding hydrogens is 528 g/mol. The van der Waals surface area contributed by atoms with E-state index in [9.17, 15) is 29.1 Å². The third-order valence-corrected chi connectivity index (χ3v) is 6.48. The molecule has 39 heavy (non-hydrogen) atoms. The van der Waals surface area contributed by atoms with Gasteiger partial charge in [-0.25, -0.2) is 4.79 Å². The molecule has 0 saturated heterocycles. The van der Waals surface area contributed by atoms with Gasteiger partial charge >= 0.3 is 11.9 Å². The summed E-state index contributed by atoms with van der Waals surface area (Å²) < 4.78 is 0. The predicted molar refractivity (Wildman–Crippen MR) is 147 cm³/mol. The van der Waals surface area contributed by atoms with E-state index in [1.165, 1.54) is 0 Å². The van der Waals surface area contributed by atoms with Crippen LogP contribution in [0.25, 0.3) is 10.9 Å². The van der Waals surface area contributed by atoms with E-state index in [0.717, 1.165) is 10.9 Å². The second-order valence-corrected chi connectivity index (χ2v) is 9.46. The second-order valence-electron chi connectivity index (χ2n) is 9.09. The predicted octanol–water partition coefficient (Wildman–Crippen LogP) is -0.500. The summed E-state index contributed by atoms with van der Waals surface area (Å²) in [7, 11) is 0. The zero-order valence-electron chi connectivity index (χ0n) is 21.4. The monoisotopic (exact) mass is 564 g/mol. The number of fused-ring (bicyclic) bond motifs is 1. The number of aromatic nitrogens is 1. The molecule has 0 bridgehead atoms. The number of carboxylic acids is 2. The fraction of sp³-hybridized carbons (Fsp3) is 0.480. The number of aliphatic carboxylic acids is 2. The fourth-order valence-corrected chi connectivity index (χ4v) is 4.16. The Balaban J connectivity index is 2.27. The van der Waals surface area contributed by atoms with E-state index in [-0.39, 0.29) is 18.6 Å². The van der Waals surface area contributed by atoms with Crippen LogP contribution >= 0.6 is 12.6 Å². The minimum Gasteiger partial charge on any atom is -0.481 e. The van der Waals surface area contributed by atoms with Crippen molar-refractivity contribution in [3.63, 3.8) is 0 Å². The zero-order chi connectivity index (χ0) is 28.9. The molecule has 214 valence electrons. The Kier molecular flexibility index (Phi) is 12.7. The third kappa shape index (κ3) is 9.89. The van der Waals surface area contributed by atoms with E-state index in [4.69, 9.17) is 16.6 Å². The van der Waals surface area contributed by atoms with Crippen LogP contribution in [0, 0.1) is 0 Å². The second kappa shape index (κ2) is 15.7. The van der Waals surface area contributed by atoms with E-state index < -0.39 is 60.2 Å². The molecule has 2 aromatic rings. The van der Waals surface area contributed by atoms with Gasteiger partial charge in [0.15, 0.2) is 0 Å². The molecule has 10 N–H and O–H groups in total. The first kappa shape index (κ1) is 31.6. The molecule has 4 atom stereocenters. The van der Waals surface area contributed by atoms with Crippen LogP contribution in [0.3, 0.4) is 0 Å². The van der Waals surface area contributed by atoms with Crippen molar-refractivity contribution >= 4 is 53.2 Å². The number of thiol groups is 1. The fourth-order valence-electron chi connectivity index (χ4n) is 3.91. The zero-order valence-corrected chi connectivity index (χ0v) is 22.3. The van der Waals surface area contributed by atoms with Crippen LogP contribution in [0.1, 0.15) is 37.7 Å². The van der Waals surface area contributed by atoms with Crippen LogP contribution in [-0.2, 0) is 30.4 Å². The first-order chi connectivity index (χ1) is 18.6. The number of nitrogens with two attached hydrogens (primary N) is 2. The molecule has 2 rings (SSSR count). The molecule has 0 saturated carbocycles. The maximum atomic E-state index is 13.3. The largest absolute Gasteiger partial charge is 0.481 e. The van der Waals surface area contributed by atoms with Gasteiger partial charge < -0.3 is 42.6 Å². The molecule has 1 aromatic carbocycles. The first-order valence-electron chi connectivity index (χ1n) is 12.5. The van der Waals surface area contributed by atoms with Crippen molar-refractivity contribution in [1.82, 2.24) is 20.9 Å². The lowest BCUT2D eigenvalue weighted by molar-refractivity contribution is -0.141. The van der Waals surface area contributed by atoms with Gasteiger partial charge in [-0.15, -0.1) is 0 Å². The average Bonchev–Trinajstić information content (AvgIpc) is 3.31. The number of aromatic amines is 1. The number of H-pyrrole nitrogens is 1. The molecule has 0 spiro atoms. The lowest BCUT2D eigenvalue weighted by atomic mass is 10.0. The number of unbranched alkanes of at least 4 members (excludes halogenated alkanes) is 1. The Morgan fingerprint density at radius 1 is 0.897 bits per heavy atom. The maximum absolute atomic E-state index is 13.3. The van der Waals surface area contributed by atoms with Crippen molar-refractivity contribution in [2.45, 2.75) is 62.7 Å². The maximum Gasteiger partial charge on any atom is 0.327 e. The van der Waals surface area contributed by atoms with Gasteiger partial charge in [0.05, 0.1) is 6.04 Å². The number of carbonyl (C=O) groups is 5. The van der Waals surface area contributed by atoms with Gasteiger partial charge in [0.1, 0.15) is 18.1 Å². The summed E-state index contributed by atoms with van der Waals surface area (Å²) in [5.74, 6) is -4.90. The van der Waals surface area contributed by atoms with E-state index in [0.29, 0.717) is 31.4 Å². The van der Waals surface area contributed by atoms with Gasteiger partial charge in [-0.05, 0) is 37.4 Å². The minimum atomic E-state index is -1.31. The highest BCUT2D eigenvalue weighted by molar-refractivity contribution is 7.80. The summed E-state index contributed by atoms with van der Waals surface area (Å²) in [6.07, 6.45) is 2.56. The molecule has 0 fully saturated rings. The Morgan fingerprint density at radius 2 is 1.54 bits per heavy atom. The normalized spacial score (nSPS) is 14.1. The highest BCUT2D eigenvalue weighted by Gasteiger charge is 2.31. The number of hydrogen-bond acceptors (Lipinski definition) is 8. The molecule has 0 aliphatic heterocycles. The van der Waals surface area contributed by atoms with E-state index >= 15 is 0 Å². The van der Waals surface area contributed by atoms with Crippen LogP contribution in [0.15, 0.2) is 30.5 Å². The van der Waals surface area contributed by atoms with Crippen molar-refractivity contribution < 1.29 is 34.2 Å². The molecule has 0 aliphatic carbocycles. The summed E-state index contributed by atoms with van der Waals surface area (Å²) in [5.41, 5.74) is 12.9. The number of hydrogen-bond donors (Lipinski definition) is 9. The number of rotatable bonds is 17. The number of carbonyl (C=O) groups excluding carboxylic acids is 3. The summed E-state index contributed by atoms with van der Waals surface area (Å²) in [4.78, 5) is 64.8. The lowest BCUT2D eigenvalue weighted by Gasteiger charge is -2.25. The van der Waals surface area contributed by atoms with Crippen LogP contribution in [0.4, 0.5) is 0 Å². The molecule has 0 radical (unpaired) electrons. The number of amides is 3. The van der Waals surface area contributed by atoms with Gasteiger partial charge in [0.25, 0.3) is 0 Å². The van der Waals surface area contributed by atoms with Gasteiger partial charge in [-0.3, -0.25) is 19.2 Å². The minimum absolute atomic E-state index is 0.0152. The van der Waals surface area contributed by atoms with Crippen molar-refractivity contribution in [1.29, 1.82) is 0 Å². The van der Waals surface area contributed by atoms with E-state index in [2.05, 4.69) is 33.6 Å². The highest BCUT2D eigenvalue weighted by Crippen LogP contribution is 2.19. The van der Waals surface area contributed by atoms with Gasteiger partial charge in [0.2, 0.25) is 17.7 Å². The van der Waals surface area contributed by atoms with Gasteiger partial charge in [-0.2, -0.15) is 12.6 Å². The summed E-state index contributed by atoms with van der Waals surface area (Å²) >= 11 is 3.96. The number of carboxylic acid groups (broad SMARTS) is 2. The summed E-state index contributed by atoms with van der Waals surface area (Å²) in [5, 5.41) is 26.7. The van der Waals surface area contributed by atoms with Crippen molar-refractivity contribution in [3.05, 3.63) is 36.0 Å². The molecule has 1 aromatic heterocycles. The van der Waals surface area contributed by atoms with Crippen molar-refractivity contribution in [2.75, 3.05) is 12.3 Å². The average molecular weight is 565 g/mol. The smallest absolute Gasteiger partial charge is 0.327 e. The Morgan fingerprint density at radius 3 is 2.18 bits per heavy atom. The molecule has 1 heterocycles. The highest BCUT2D eigenvalue weighted by atomic mass is 32.1. The molecule has 0 aliphatic rings. The third-order valence-electron chi connectivity index (χ3n) is 6.11.